The van der Waals surface area contributed by atoms with E-state index in [0.29, 0.717) is 26.2 Å². The highest BCUT2D eigenvalue weighted by atomic mass is 32.1. The van der Waals surface area contributed by atoms with Crippen LogP contribution in [0.25, 0.3) is 0 Å². The van der Waals surface area contributed by atoms with Gasteiger partial charge in [0.05, 0.1) is 5.69 Å². The second-order valence-electron chi connectivity index (χ2n) is 6.72. The molecule has 1 aliphatic rings. The standard InChI is InChI=1S/C19H24FN5O3S/c1-28-12-4-9-21-19(27)25-10-7-13(8-11-25)17-23-24-18(29-17)16(26)22-15-6-3-2-5-14(15)20/h2-3,5-6,13H,4,7-12H2,1H3,(H,21,27)(H,22,26). The fourth-order valence-corrected chi connectivity index (χ4v) is 3.99. The molecule has 156 valence electrons. The number of methoxy groups -OCH3 is 1. The van der Waals surface area contributed by atoms with Gasteiger partial charge in [-0.1, -0.05) is 23.5 Å². The van der Waals surface area contributed by atoms with Crippen LogP contribution in [-0.2, 0) is 4.74 Å². The number of hydrogen-bond acceptors (Lipinski definition) is 6. The fourth-order valence-electron chi connectivity index (χ4n) is 3.08. The Kier molecular flexibility index (Phi) is 7.48. The first kappa shape index (κ1) is 21.1. The second-order valence-corrected chi connectivity index (χ2v) is 7.73. The lowest BCUT2D eigenvalue weighted by Gasteiger charge is -2.30. The van der Waals surface area contributed by atoms with E-state index in [2.05, 4.69) is 20.8 Å². The van der Waals surface area contributed by atoms with Gasteiger partial charge in [0.1, 0.15) is 10.8 Å². The maximum Gasteiger partial charge on any atom is 0.317 e. The summed E-state index contributed by atoms with van der Waals surface area (Å²) in [6.07, 6.45) is 2.30. The monoisotopic (exact) mass is 421 g/mol. The molecule has 0 bridgehead atoms. The molecule has 1 fully saturated rings. The van der Waals surface area contributed by atoms with Crippen LogP contribution in [0, 0.1) is 5.82 Å². The zero-order valence-corrected chi connectivity index (χ0v) is 17.0. The van der Waals surface area contributed by atoms with E-state index in [9.17, 15) is 14.0 Å². The van der Waals surface area contributed by atoms with Gasteiger partial charge in [-0.05, 0) is 31.4 Å². The highest BCUT2D eigenvalue weighted by molar-refractivity contribution is 7.13. The largest absolute Gasteiger partial charge is 0.385 e. The van der Waals surface area contributed by atoms with E-state index in [0.717, 1.165) is 24.3 Å². The van der Waals surface area contributed by atoms with Crippen molar-refractivity contribution in [2.45, 2.75) is 25.2 Å². The number of piperidine rings is 1. The summed E-state index contributed by atoms with van der Waals surface area (Å²) in [4.78, 5) is 26.3. The number of carbonyl (C=O) groups excluding carboxylic acids is 2. The molecule has 1 aromatic heterocycles. The van der Waals surface area contributed by atoms with Crippen molar-refractivity contribution in [3.63, 3.8) is 0 Å². The molecule has 0 unspecified atom stereocenters. The van der Waals surface area contributed by atoms with Crippen LogP contribution in [0.4, 0.5) is 14.9 Å². The van der Waals surface area contributed by atoms with Crippen LogP contribution < -0.4 is 10.6 Å². The molecule has 1 saturated heterocycles. The highest BCUT2D eigenvalue weighted by Gasteiger charge is 2.27. The van der Waals surface area contributed by atoms with Crippen LogP contribution in [0.1, 0.15) is 40.0 Å². The van der Waals surface area contributed by atoms with Gasteiger partial charge >= 0.3 is 6.03 Å². The summed E-state index contributed by atoms with van der Waals surface area (Å²) in [6.45, 7) is 2.45. The number of carbonyl (C=O) groups is 2. The van der Waals surface area contributed by atoms with Crippen LogP contribution in [0.5, 0.6) is 0 Å². The molecule has 1 aliphatic heterocycles. The molecule has 2 N–H and O–H groups in total. The summed E-state index contributed by atoms with van der Waals surface area (Å²) in [7, 11) is 1.63. The average molecular weight is 421 g/mol. The van der Waals surface area contributed by atoms with Crippen LogP contribution in [0.3, 0.4) is 0 Å². The number of urea groups is 1. The number of nitrogens with zero attached hydrogens (tertiary/aromatic N) is 3. The smallest absolute Gasteiger partial charge is 0.317 e. The summed E-state index contributed by atoms with van der Waals surface area (Å²) in [5, 5.41) is 14.5. The SMILES string of the molecule is COCCCNC(=O)N1CCC(c2nnc(C(=O)Nc3ccccc3F)s2)CC1. The van der Waals surface area contributed by atoms with Crippen LogP contribution in [0.15, 0.2) is 24.3 Å². The van der Waals surface area contributed by atoms with Gasteiger partial charge < -0.3 is 20.3 Å². The molecular formula is C19H24FN5O3S. The number of ether oxygens (including phenoxy) is 1. The van der Waals surface area contributed by atoms with Crippen molar-refractivity contribution in [1.82, 2.24) is 20.4 Å². The molecule has 1 aromatic carbocycles. The number of rotatable bonds is 7. The number of halogens is 1. The van der Waals surface area contributed by atoms with E-state index >= 15 is 0 Å². The molecule has 3 rings (SSSR count). The van der Waals surface area contributed by atoms with Crippen LogP contribution in [0.2, 0.25) is 0 Å². The van der Waals surface area contributed by atoms with Crippen molar-refractivity contribution >= 4 is 29.0 Å². The quantitative estimate of drug-likeness (QED) is 0.670. The molecule has 2 aromatic rings. The van der Waals surface area contributed by atoms with Gasteiger partial charge in [-0.3, -0.25) is 4.79 Å². The second kappa shape index (κ2) is 10.3. The first-order chi connectivity index (χ1) is 14.1. The van der Waals surface area contributed by atoms with Crippen molar-refractivity contribution in [3.8, 4) is 0 Å². The van der Waals surface area contributed by atoms with Gasteiger partial charge in [0.2, 0.25) is 5.01 Å². The Balaban J connectivity index is 1.49. The lowest BCUT2D eigenvalue weighted by atomic mass is 9.98. The fraction of sp³-hybridized carbons (Fsp3) is 0.474. The predicted octanol–water partition coefficient (Wildman–Crippen LogP) is 2.86. The third kappa shape index (κ3) is 5.70. The van der Waals surface area contributed by atoms with Crippen molar-refractivity contribution in [2.24, 2.45) is 0 Å². The van der Waals surface area contributed by atoms with E-state index in [-0.39, 0.29) is 22.6 Å². The van der Waals surface area contributed by atoms with E-state index in [4.69, 9.17) is 4.74 Å². The Morgan fingerprint density at radius 2 is 2.03 bits per heavy atom. The van der Waals surface area contributed by atoms with E-state index < -0.39 is 11.7 Å². The maximum absolute atomic E-state index is 13.7. The summed E-state index contributed by atoms with van der Waals surface area (Å²) < 4.78 is 18.7. The number of hydrogen-bond donors (Lipinski definition) is 2. The molecule has 2 heterocycles. The van der Waals surface area contributed by atoms with E-state index in [1.54, 1.807) is 24.1 Å². The molecule has 0 radical (unpaired) electrons. The predicted molar refractivity (Wildman–Crippen MR) is 108 cm³/mol. The number of nitrogens with one attached hydrogen (secondary N) is 2. The minimum atomic E-state index is -0.501. The first-order valence-electron chi connectivity index (χ1n) is 9.49. The number of benzene rings is 1. The van der Waals surface area contributed by atoms with Crippen LogP contribution >= 0.6 is 11.3 Å². The zero-order valence-electron chi connectivity index (χ0n) is 16.2. The van der Waals surface area contributed by atoms with Gasteiger partial charge in [-0.2, -0.15) is 0 Å². The van der Waals surface area contributed by atoms with Crippen molar-refractivity contribution in [3.05, 3.63) is 40.1 Å². The summed E-state index contributed by atoms with van der Waals surface area (Å²) in [5.41, 5.74) is 0.110. The molecule has 8 nitrogen and oxygen atoms in total. The molecule has 29 heavy (non-hydrogen) atoms. The van der Waals surface area contributed by atoms with Gasteiger partial charge in [-0.25, -0.2) is 9.18 Å². The van der Waals surface area contributed by atoms with Gasteiger partial charge in [0.15, 0.2) is 0 Å². The number of likely N-dealkylation sites (tertiary alicyclic amines) is 1. The van der Waals surface area contributed by atoms with Gasteiger partial charge in [-0.15, -0.1) is 10.2 Å². The molecular weight excluding hydrogens is 397 g/mol. The third-order valence-corrected chi connectivity index (χ3v) is 5.77. The van der Waals surface area contributed by atoms with Crippen molar-refractivity contribution < 1.29 is 18.7 Å². The molecule has 3 amide bonds. The van der Waals surface area contributed by atoms with Crippen LogP contribution in [-0.4, -0.2) is 60.4 Å². The highest BCUT2D eigenvalue weighted by Crippen LogP contribution is 2.30. The number of aromatic nitrogens is 2. The zero-order chi connectivity index (χ0) is 20.6. The minimum absolute atomic E-state index is 0.0678. The van der Waals surface area contributed by atoms with Gasteiger partial charge in [0, 0.05) is 39.3 Å². The Morgan fingerprint density at radius 1 is 1.28 bits per heavy atom. The molecule has 0 spiro atoms. The third-order valence-electron chi connectivity index (χ3n) is 4.69. The molecule has 0 saturated carbocycles. The molecule has 0 aliphatic carbocycles. The Bertz CT molecular complexity index is 839. The summed E-state index contributed by atoms with van der Waals surface area (Å²) >= 11 is 1.21. The average Bonchev–Trinajstić information content (AvgIpc) is 3.23. The van der Waals surface area contributed by atoms with E-state index in [1.807, 2.05) is 0 Å². The van der Waals surface area contributed by atoms with Crippen molar-refractivity contribution in [2.75, 3.05) is 38.7 Å². The number of anilines is 1. The van der Waals surface area contributed by atoms with Crippen molar-refractivity contribution in [1.29, 1.82) is 0 Å². The Morgan fingerprint density at radius 3 is 2.76 bits per heavy atom. The molecule has 0 atom stereocenters. The van der Waals surface area contributed by atoms with E-state index in [1.165, 1.54) is 23.5 Å². The first-order valence-corrected chi connectivity index (χ1v) is 10.3. The Labute approximate surface area is 172 Å². The normalized spacial score (nSPS) is 14.6. The summed E-state index contributed by atoms with van der Waals surface area (Å²) in [5.74, 6) is -0.828. The lowest BCUT2D eigenvalue weighted by Crippen LogP contribution is -2.44. The number of para-hydroxylation sites is 1. The maximum atomic E-state index is 13.7. The van der Waals surface area contributed by atoms with Gasteiger partial charge in [0.25, 0.3) is 5.91 Å². The Hall–Kier alpha value is -2.59. The lowest BCUT2D eigenvalue weighted by molar-refractivity contribution is 0.102. The topological polar surface area (TPSA) is 96.4 Å². The molecule has 10 heteroatoms. The summed E-state index contributed by atoms with van der Waals surface area (Å²) in [6, 6.07) is 5.90. The minimum Gasteiger partial charge on any atom is -0.385 e. The number of amides is 3.